The first kappa shape index (κ1) is 20.9. The van der Waals surface area contributed by atoms with Gasteiger partial charge in [0.2, 0.25) is 11.8 Å². The van der Waals surface area contributed by atoms with Crippen LogP contribution in [0.25, 0.3) is 0 Å². The van der Waals surface area contributed by atoms with Crippen molar-refractivity contribution in [2.75, 3.05) is 24.3 Å². The predicted octanol–water partition coefficient (Wildman–Crippen LogP) is 3.36. The van der Waals surface area contributed by atoms with Crippen molar-refractivity contribution in [3.63, 3.8) is 0 Å². The Morgan fingerprint density at radius 2 is 1.90 bits per heavy atom. The Labute approximate surface area is 178 Å². The summed E-state index contributed by atoms with van der Waals surface area (Å²) >= 11 is 7.01. The maximum Gasteiger partial charge on any atom is 0.240 e. The number of amidine groups is 1. The van der Waals surface area contributed by atoms with E-state index in [0.29, 0.717) is 15.9 Å². The number of hydrogen-bond acceptors (Lipinski definition) is 6. The number of halogens is 1. The van der Waals surface area contributed by atoms with Crippen LogP contribution < -0.4 is 15.5 Å². The zero-order valence-corrected chi connectivity index (χ0v) is 17.5. The van der Waals surface area contributed by atoms with Crippen molar-refractivity contribution < 1.29 is 9.59 Å². The molecule has 1 aliphatic heterocycles. The van der Waals surface area contributed by atoms with Gasteiger partial charge in [-0.15, -0.1) is 5.10 Å². The van der Waals surface area contributed by atoms with Crippen molar-refractivity contribution in [3.05, 3.63) is 59.1 Å². The van der Waals surface area contributed by atoms with Crippen LogP contribution in [0.3, 0.4) is 0 Å². The fourth-order valence-electron chi connectivity index (χ4n) is 2.51. The highest BCUT2D eigenvalue weighted by Gasteiger charge is 2.32. The minimum absolute atomic E-state index is 0.0356. The average Bonchev–Trinajstić information content (AvgIpc) is 3.03. The smallest absolute Gasteiger partial charge is 0.240 e. The minimum Gasteiger partial charge on any atom is -0.378 e. The molecule has 3 rings (SSSR count). The third kappa shape index (κ3) is 6.07. The van der Waals surface area contributed by atoms with E-state index in [1.54, 1.807) is 30.5 Å². The second kappa shape index (κ2) is 9.58. The molecule has 0 saturated carbocycles. The largest absolute Gasteiger partial charge is 0.378 e. The Hall–Kier alpha value is -2.84. The van der Waals surface area contributed by atoms with Crippen LogP contribution in [-0.2, 0) is 9.59 Å². The van der Waals surface area contributed by atoms with Crippen LogP contribution in [0.2, 0.25) is 5.02 Å². The Morgan fingerprint density at radius 1 is 1.21 bits per heavy atom. The van der Waals surface area contributed by atoms with Crippen molar-refractivity contribution in [3.8, 4) is 0 Å². The van der Waals surface area contributed by atoms with Crippen LogP contribution in [0, 0.1) is 0 Å². The molecule has 0 radical (unpaired) electrons. The quantitative estimate of drug-likeness (QED) is 0.544. The van der Waals surface area contributed by atoms with Gasteiger partial charge in [-0.25, -0.2) is 0 Å². The highest BCUT2D eigenvalue weighted by Crippen LogP contribution is 2.23. The number of nitrogens with zero attached hydrogens (tertiary/aromatic N) is 3. The number of carbonyl (C=O) groups excluding carboxylic acids is 2. The van der Waals surface area contributed by atoms with Crippen LogP contribution in [0.5, 0.6) is 0 Å². The second-order valence-electron chi connectivity index (χ2n) is 6.49. The Balaban J connectivity index is 1.53. The lowest BCUT2D eigenvalue weighted by atomic mass is 10.2. The standard InChI is InChI=1S/C20H20ClN5O2S/c1-26(2)16-9-3-13(4-10-16)12-22-25-20-24-19(28)17(29-20)11-18(27)23-15-7-5-14(21)6-8-15/h3-10,12,17H,11H2,1-2H3,(H,23,27)(H,24,25,28)/b22-12-. The summed E-state index contributed by atoms with van der Waals surface area (Å²) < 4.78 is 0. The van der Waals surface area contributed by atoms with Crippen molar-refractivity contribution in [2.24, 2.45) is 10.2 Å². The molecule has 1 unspecified atom stereocenters. The number of amides is 2. The molecule has 2 aromatic carbocycles. The van der Waals surface area contributed by atoms with E-state index in [1.807, 2.05) is 43.3 Å². The minimum atomic E-state index is -0.546. The number of benzene rings is 2. The summed E-state index contributed by atoms with van der Waals surface area (Å²) in [6.45, 7) is 0. The molecule has 0 aliphatic carbocycles. The topological polar surface area (TPSA) is 86.2 Å². The van der Waals surface area contributed by atoms with E-state index in [0.717, 1.165) is 11.3 Å². The molecular formula is C20H20ClN5O2S. The van der Waals surface area contributed by atoms with Gasteiger partial charge in [0.1, 0.15) is 5.25 Å². The molecule has 0 aromatic heterocycles. The molecule has 0 bridgehead atoms. The highest BCUT2D eigenvalue weighted by atomic mass is 35.5. The molecule has 2 aromatic rings. The van der Waals surface area contributed by atoms with Gasteiger partial charge in [-0.3, -0.25) is 9.59 Å². The number of anilines is 2. The molecule has 29 heavy (non-hydrogen) atoms. The fourth-order valence-corrected chi connectivity index (χ4v) is 3.56. The summed E-state index contributed by atoms with van der Waals surface area (Å²) in [6, 6.07) is 14.6. The molecule has 1 heterocycles. The van der Waals surface area contributed by atoms with Crippen molar-refractivity contribution >= 4 is 57.9 Å². The van der Waals surface area contributed by atoms with Crippen LogP contribution in [0.15, 0.2) is 58.7 Å². The normalized spacial score (nSPS) is 17.6. The van der Waals surface area contributed by atoms with Gasteiger partial charge in [-0.2, -0.15) is 5.10 Å². The molecule has 9 heteroatoms. The number of rotatable bonds is 6. The molecule has 1 saturated heterocycles. The van der Waals surface area contributed by atoms with Gasteiger partial charge in [0.15, 0.2) is 5.17 Å². The van der Waals surface area contributed by atoms with Crippen LogP contribution in [0.4, 0.5) is 11.4 Å². The van der Waals surface area contributed by atoms with Crippen molar-refractivity contribution in [1.29, 1.82) is 0 Å². The molecule has 0 spiro atoms. The monoisotopic (exact) mass is 429 g/mol. The summed E-state index contributed by atoms with van der Waals surface area (Å²) in [6.07, 6.45) is 1.65. The molecule has 7 nitrogen and oxygen atoms in total. The maximum absolute atomic E-state index is 12.2. The number of hydrogen-bond donors (Lipinski definition) is 2. The molecular weight excluding hydrogens is 410 g/mol. The number of nitrogens with one attached hydrogen (secondary N) is 2. The van der Waals surface area contributed by atoms with E-state index >= 15 is 0 Å². The number of carbonyl (C=O) groups is 2. The third-order valence-electron chi connectivity index (χ3n) is 4.04. The van der Waals surface area contributed by atoms with Gasteiger partial charge in [0.25, 0.3) is 0 Å². The first-order valence-corrected chi connectivity index (χ1v) is 10.1. The van der Waals surface area contributed by atoms with E-state index in [-0.39, 0.29) is 18.2 Å². The van der Waals surface area contributed by atoms with Crippen molar-refractivity contribution in [2.45, 2.75) is 11.7 Å². The zero-order chi connectivity index (χ0) is 20.8. The van der Waals surface area contributed by atoms with E-state index in [4.69, 9.17) is 11.6 Å². The lowest BCUT2D eigenvalue weighted by Crippen LogP contribution is -2.28. The maximum atomic E-state index is 12.2. The first-order valence-electron chi connectivity index (χ1n) is 8.82. The summed E-state index contributed by atoms with van der Waals surface area (Å²) in [5.41, 5.74) is 2.61. The summed E-state index contributed by atoms with van der Waals surface area (Å²) in [4.78, 5) is 26.3. The van der Waals surface area contributed by atoms with Crippen LogP contribution >= 0.6 is 23.4 Å². The lowest BCUT2D eigenvalue weighted by molar-refractivity contribution is -0.122. The SMILES string of the molecule is CN(C)c1ccc(/C=N\N=C2/NC(=O)C(CC(=O)Nc3ccc(Cl)cc3)S2)cc1. The van der Waals surface area contributed by atoms with Crippen molar-refractivity contribution in [1.82, 2.24) is 5.32 Å². The van der Waals surface area contributed by atoms with Gasteiger partial charge in [-0.05, 0) is 42.0 Å². The zero-order valence-electron chi connectivity index (χ0n) is 15.9. The summed E-state index contributed by atoms with van der Waals surface area (Å²) in [5, 5.41) is 13.9. The van der Waals surface area contributed by atoms with Gasteiger partial charge >= 0.3 is 0 Å². The molecule has 1 fully saturated rings. The van der Waals surface area contributed by atoms with E-state index < -0.39 is 5.25 Å². The Morgan fingerprint density at radius 3 is 2.55 bits per heavy atom. The molecule has 150 valence electrons. The van der Waals surface area contributed by atoms with Gasteiger partial charge in [-0.1, -0.05) is 35.5 Å². The fraction of sp³-hybridized carbons (Fsp3) is 0.200. The van der Waals surface area contributed by atoms with Crippen LogP contribution in [0.1, 0.15) is 12.0 Å². The molecule has 1 aliphatic rings. The van der Waals surface area contributed by atoms with E-state index in [1.165, 1.54) is 11.8 Å². The first-order chi connectivity index (χ1) is 13.9. The predicted molar refractivity (Wildman–Crippen MR) is 120 cm³/mol. The van der Waals surface area contributed by atoms with E-state index in [9.17, 15) is 9.59 Å². The highest BCUT2D eigenvalue weighted by molar-refractivity contribution is 8.15. The van der Waals surface area contributed by atoms with Gasteiger partial charge < -0.3 is 15.5 Å². The molecule has 2 amide bonds. The van der Waals surface area contributed by atoms with E-state index in [2.05, 4.69) is 20.8 Å². The Kier molecular flexibility index (Phi) is 6.90. The number of thioether (sulfide) groups is 1. The Bertz CT molecular complexity index is 942. The average molecular weight is 430 g/mol. The molecule has 2 N–H and O–H groups in total. The summed E-state index contributed by atoms with van der Waals surface area (Å²) in [7, 11) is 3.95. The molecule has 1 atom stereocenters. The van der Waals surface area contributed by atoms with Gasteiger partial charge in [0.05, 0.1) is 6.21 Å². The van der Waals surface area contributed by atoms with Crippen LogP contribution in [-0.4, -0.2) is 42.5 Å². The second-order valence-corrected chi connectivity index (χ2v) is 8.12. The summed E-state index contributed by atoms with van der Waals surface area (Å²) in [5.74, 6) is -0.517. The van der Waals surface area contributed by atoms with Gasteiger partial charge in [0, 0.05) is 36.9 Å². The lowest BCUT2D eigenvalue weighted by Gasteiger charge is -2.11. The third-order valence-corrected chi connectivity index (χ3v) is 5.36.